The summed E-state index contributed by atoms with van der Waals surface area (Å²) in [6, 6.07) is 2.84. The summed E-state index contributed by atoms with van der Waals surface area (Å²) >= 11 is 0. The molecule has 0 bridgehead atoms. The fourth-order valence-corrected chi connectivity index (χ4v) is 2.11. The van der Waals surface area contributed by atoms with E-state index in [0.717, 1.165) is 6.54 Å². The monoisotopic (exact) mass is 372 g/mol. The molecule has 0 saturated heterocycles. The molecule has 1 rings (SSSR count). The van der Waals surface area contributed by atoms with Crippen molar-refractivity contribution in [3.63, 3.8) is 0 Å². The number of ether oxygens (including phenoxy) is 1. The Balaban J connectivity index is 2.48. The molecule has 1 aromatic rings. The average molecular weight is 372 g/mol. The number of halogens is 2. The topological polar surface area (TPSA) is 74.8 Å². The summed E-state index contributed by atoms with van der Waals surface area (Å²) in [5, 5.41) is 2.98. The first-order valence-corrected chi connectivity index (χ1v) is 8.36. The fourth-order valence-electron chi connectivity index (χ4n) is 2.11. The van der Waals surface area contributed by atoms with Crippen LogP contribution in [0.5, 0.6) is 0 Å². The van der Waals surface area contributed by atoms with E-state index in [4.69, 9.17) is 0 Å². The van der Waals surface area contributed by atoms with Crippen LogP contribution < -0.4 is 5.32 Å². The summed E-state index contributed by atoms with van der Waals surface area (Å²) in [5.41, 5.74) is 0.658. The molecule has 0 saturated carbocycles. The highest BCUT2D eigenvalue weighted by Crippen LogP contribution is 2.05. The van der Waals surface area contributed by atoms with E-state index in [1.807, 2.05) is 25.9 Å². The first-order valence-electron chi connectivity index (χ1n) is 8.36. The van der Waals surface area contributed by atoms with Gasteiger partial charge in [-0.3, -0.25) is 9.78 Å². The fraction of sp³-hybridized carbons (Fsp3) is 0.588. The normalized spacial score (nSPS) is 11.0. The number of rotatable bonds is 11. The average Bonchev–Trinajstić information content (AvgIpc) is 2.60. The van der Waals surface area contributed by atoms with Gasteiger partial charge in [-0.05, 0) is 33.2 Å². The zero-order valence-electron chi connectivity index (χ0n) is 15.4. The number of likely N-dealkylation sites (N-methyl/N-ethyl adjacent to an activating group) is 2. The Hall–Kier alpha value is -2.13. The number of hydrogen-bond acceptors (Lipinski definition) is 6. The maximum absolute atomic E-state index is 12.2. The number of carbonyl (C=O) groups excluding carboxylic acids is 2. The van der Waals surface area contributed by atoms with Crippen molar-refractivity contribution in [1.82, 2.24) is 20.1 Å². The van der Waals surface area contributed by atoms with E-state index in [0.29, 0.717) is 18.8 Å². The molecule has 9 heteroatoms. The van der Waals surface area contributed by atoms with Crippen LogP contribution in [0.15, 0.2) is 18.3 Å². The molecule has 0 unspecified atom stereocenters. The van der Waals surface area contributed by atoms with Crippen molar-refractivity contribution >= 4 is 11.9 Å². The lowest BCUT2D eigenvalue weighted by Gasteiger charge is -2.23. The molecular weight excluding hydrogens is 346 g/mol. The number of aromatic nitrogens is 1. The van der Waals surface area contributed by atoms with Crippen molar-refractivity contribution in [3.05, 3.63) is 29.6 Å². The van der Waals surface area contributed by atoms with Gasteiger partial charge in [0.25, 0.3) is 6.43 Å². The second-order valence-corrected chi connectivity index (χ2v) is 5.91. The summed E-state index contributed by atoms with van der Waals surface area (Å²) in [6.45, 7) is 3.44. The van der Waals surface area contributed by atoms with Crippen molar-refractivity contribution < 1.29 is 23.1 Å². The highest BCUT2D eigenvalue weighted by Gasteiger charge is 2.13. The van der Waals surface area contributed by atoms with Gasteiger partial charge >= 0.3 is 5.97 Å². The summed E-state index contributed by atoms with van der Waals surface area (Å²) in [6.07, 6.45) is -1.31. The predicted molar refractivity (Wildman–Crippen MR) is 93.0 cm³/mol. The molecule has 0 radical (unpaired) electrons. The maximum atomic E-state index is 12.2. The van der Waals surface area contributed by atoms with Crippen LogP contribution in [0.1, 0.15) is 23.0 Å². The standard InChI is InChI=1S/C17H26F2N4O3/c1-4-23(8-7-22(2)3)16(24)11-20-10-14-9-13(5-6-21-14)17(25)26-12-15(18)19/h5-6,9,15,20H,4,7-8,10-12H2,1-3H3. The predicted octanol–water partition coefficient (Wildman–Crippen LogP) is 1.00. The molecule has 1 N–H and O–H groups in total. The first kappa shape index (κ1) is 21.9. The molecule has 146 valence electrons. The van der Waals surface area contributed by atoms with Gasteiger partial charge in [-0.1, -0.05) is 0 Å². The minimum atomic E-state index is -2.71. The number of carbonyl (C=O) groups is 2. The van der Waals surface area contributed by atoms with Gasteiger partial charge in [-0.15, -0.1) is 0 Å². The molecule has 1 amide bonds. The molecule has 26 heavy (non-hydrogen) atoms. The highest BCUT2D eigenvalue weighted by molar-refractivity contribution is 5.89. The Morgan fingerprint density at radius 1 is 1.31 bits per heavy atom. The third kappa shape index (κ3) is 8.30. The number of nitrogens with zero attached hydrogens (tertiary/aromatic N) is 3. The molecule has 0 aromatic carbocycles. The number of hydrogen-bond donors (Lipinski definition) is 1. The van der Waals surface area contributed by atoms with Crippen LogP contribution >= 0.6 is 0 Å². The van der Waals surface area contributed by atoms with E-state index >= 15 is 0 Å². The van der Waals surface area contributed by atoms with Gasteiger partial charge in [0.15, 0.2) is 6.61 Å². The van der Waals surface area contributed by atoms with Crippen molar-refractivity contribution in [2.45, 2.75) is 19.9 Å². The Bertz CT molecular complexity index is 585. The van der Waals surface area contributed by atoms with E-state index in [2.05, 4.69) is 15.0 Å². The lowest BCUT2D eigenvalue weighted by molar-refractivity contribution is -0.130. The SMILES string of the molecule is CCN(CCN(C)C)C(=O)CNCc1cc(C(=O)OCC(F)F)ccn1. The zero-order valence-corrected chi connectivity index (χ0v) is 15.4. The maximum Gasteiger partial charge on any atom is 0.338 e. The molecule has 7 nitrogen and oxygen atoms in total. The van der Waals surface area contributed by atoms with Crippen molar-refractivity contribution in [1.29, 1.82) is 0 Å². The number of esters is 1. The second kappa shape index (κ2) is 11.5. The van der Waals surface area contributed by atoms with Crippen LogP contribution in [0.4, 0.5) is 8.78 Å². The van der Waals surface area contributed by atoms with Gasteiger partial charge in [-0.25, -0.2) is 13.6 Å². The molecule has 1 heterocycles. The molecule has 0 aliphatic carbocycles. The Kier molecular flexibility index (Phi) is 9.67. The van der Waals surface area contributed by atoms with Crippen LogP contribution in [0.3, 0.4) is 0 Å². The van der Waals surface area contributed by atoms with Crippen molar-refractivity contribution in [2.75, 3.05) is 46.9 Å². The number of nitrogens with one attached hydrogen (secondary N) is 1. The third-order valence-electron chi connectivity index (χ3n) is 3.53. The van der Waals surface area contributed by atoms with Crippen LogP contribution in [-0.2, 0) is 16.1 Å². The Morgan fingerprint density at radius 2 is 2.04 bits per heavy atom. The third-order valence-corrected chi connectivity index (χ3v) is 3.53. The molecule has 1 aromatic heterocycles. The van der Waals surface area contributed by atoms with Crippen LogP contribution in [0.2, 0.25) is 0 Å². The van der Waals surface area contributed by atoms with Crippen LogP contribution in [0, 0.1) is 0 Å². The summed E-state index contributed by atoms with van der Waals surface area (Å²) < 4.78 is 28.7. The van der Waals surface area contributed by atoms with Crippen molar-refractivity contribution in [3.8, 4) is 0 Å². The summed E-state index contributed by atoms with van der Waals surface area (Å²) in [7, 11) is 3.89. The minimum absolute atomic E-state index is 0.0261. The molecule has 0 aliphatic heterocycles. The van der Waals surface area contributed by atoms with Gasteiger partial charge in [-0.2, -0.15) is 0 Å². The molecule has 0 aliphatic rings. The first-order chi connectivity index (χ1) is 12.3. The van der Waals surface area contributed by atoms with E-state index in [1.54, 1.807) is 4.90 Å². The Labute approximate surface area is 152 Å². The van der Waals surface area contributed by atoms with E-state index in [9.17, 15) is 18.4 Å². The smallest absolute Gasteiger partial charge is 0.338 e. The summed E-state index contributed by atoms with van der Waals surface area (Å²) in [4.78, 5) is 31.7. The summed E-state index contributed by atoms with van der Waals surface area (Å²) in [5.74, 6) is -0.854. The van der Waals surface area contributed by atoms with E-state index < -0.39 is 19.0 Å². The van der Waals surface area contributed by atoms with Gasteiger partial charge in [0.05, 0.1) is 17.8 Å². The number of alkyl halides is 2. The number of pyridine rings is 1. The lowest BCUT2D eigenvalue weighted by atomic mass is 10.2. The molecule has 0 spiro atoms. The van der Waals surface area contributed by atoms with Crippen LogP contribution in [-0.4, -0.2) is 80.0 Å². The Morgan fingerprint density at radius 3 is 2.65 bits per heavy atom. The lowest BCUT2D eigenvalue weighted by Crippen LogP contribution is -2.41. The quantitative estimate of drug-likeness (QED) is 0.584. The molecule has 0 atom stereocenters. The van der Waals surface area contributed by atoms with Gasteiger partial charge in [0.2, 0.25) is 5.91 Å². The van der Waals surface area contributed by atoms with Gasteiger partial charge < -0.3 is 19.9 Å². The largest absolute Gasteiger partial charge is 0.456 e. The van der Waals surface area contributed by atoms with Crippen LogP contribution in [0.25, 0.3) is 0 Å². The van der Waals surface area contributed by atoms with Gasteiger partial charge in [0, 0.05) is 32.4 Å². The second-order valence-electron chi connectivity index (χ2n) is 5.91. The molecular formula is C17H26F2N4O3. The van der Waals surface area contributed by atoms with E-state index in [1.165, 1.54) is 18.3 Å². The zero-order chi connectivity index (χ0) is 19.5. The minimum Gasteiger partial charge on any atom is -0.456 e. The van der Waals surface area contributed by atoms with Crippen molar-refractivity contribution in [2.24, 2.45) is 0 Å². The highest BCUT2D eigenvalue weighted by atomic mass is 19.3. The van der Waals surface area contributed by atoms with Gasteiger partial charge in [0.1, 0.15) is 0 Å². The number of amides is 1. The van der Waals surface area contributed by atoms with E-state index in [-0.39, 0.29) is 24.6 Å². The molecule has 0 fully saturated rings.